The van der Waals surface area contributed by atoms with Crippen molar-refractivity contribution in [2.24, 2.45) is 22.6 Å². The van der Waals surface area contributed by atoms with Crippen LogP contribution in [-0.2, 0) is 4.74 Å². The molecule has 1 heterocycles. The molecule has 0 aromatic rings. The van der Waals surface area contributed by atoms with E-state index in [-0.39, 0.29) is 0 Å². The fraction of sp³-hybridized carbons (Fsp3) is 0.545. The molecule has 0 aromatic carbocycles. The van der Waals surface area contributed by atoms with Gasteiger partial charge in [0.1, 0.15) is 5.76 Å². The first kappa shape index (κ1) is 9.46. The van der Waals surface area contributed by atoms with E-state index in [9.17, 15) is 0 Å². The number of allylic oxidation sites excluding steroid dienone is 1. The molecule has 2 aliphatic rings. The van der Waals surface area contributed by atoms with Crippen LogP contribution in [0, 0.1) is 11.8 Å². The SMILES string of the molecule is COC1=CC2C(CCN)C=NC2C=C1. The highest BCUT2D eigenvalue weighted by atomic mass is 16.5. The number of rotatable bonds is 3. The van der Waals surface area contributed by atoms with Crippen LogP contribution in [0.2, 0.25) is 0 Å². The van der Waals surface area contributed by atoms with Crippen LogP contribution < -0.4 is 5.73 Å². The van der Waals surface area contributed by atoms with Gasteiger partial charge in [-0.2, -0.15) is 0 Å². The van der Waals surface area contributed by atoms with Crippen molar-refractivity contribution < 1.29 is 4.74 Å². The van der Waals surface area contributed by atoms with Gasteiger partial charge in [0.15, 0.2) is 0 Å². The quantitative estimate of drug-likeness (QED) is 0.728. The normalized spacial score (nSPS) is 34.1. The third kappa shape index (κ3) is 1.60. The predicted molar refractivity (Wildman–Crippen MR) is 57.2 cm³/mol. The number of ether oxygens (including phenoxy) is 1. The Labute approximate surface area is 84.3 Å². The zero-order chi connectivity index (χ0) is 9.97. The van der Waals surface area contributed by atoms with Crippen LogP contribution >= 0.6 is 0 Å². The number of fused-ring (bicyclic) bond motifs is 1. The number of nitrogens with zero attached hydrogens (tertiary/aromatic N) is 1. The van der Waals surface area contributed by atoms with Gasteiger partial charge in [-0.25, -0.2) is 0 Å². The Morgan fingerprint density at radius 1 is 1.57 bits per heavy atom. The third-order valence-corrected chi connectivity index (χ3v) is 2.89. The predicted octanol–water partition coefficient (Wildman–Crippen LogP) is 1.12. The summed E-state index contributed by atoms with van der Waals surface area (Å²) in [6.07, 6.45) is 9.31. The second kappa shape index (κ2) is 3.96. The fourth-order valence-electron chi connectivity index (χ4n) is 2.10. The van der Waals surface area contributed by atoms with E-state index in [0.717, 1.165) is 18.7 Å². The van der Waals surface area contributed by atoms with E-state index in [1.807, 2.05) is 12.3 Å². The number of aliphatic imine (C=N–C) groups is 1. The Balaban J connectivity index is 2.11. The molecule has 0 radical (unpaired) electrons. The molecule has 0 saturated heterocycles. The zero-order valence-corrected chi connectivity index (χ0v) is 8.39. The van der Waals surface area contributed by atoms with Gasteiger partial charge in [0.25, 0.3) is 0 Å². The number of methoxy groups -OCH3 is 1. The lowest BCUT2D eigenvalue weighted by molar-refractivity contribution is 0.295. The summed E-state index contributed by atoms with van der Waals surface area (Å²) in [6, 6.07) is 0.311. The molecule has 1 aliphatic heterocycles. The molecule has 3 heteroatoms. The van der Waals surface area contributed by atoms with Crippen molar-refractivity contribution in [1.29, 1.82) is 0 Å². The van der Waals surface area contributed by atoms with E-state index >= 15 is 0 Å². The van der Waals surface area contributed by atoms with E-state index in [0.29, 0.717) is 17.9 Å². The minimum Gasteiger partial charge on any atom is -0.497 e. The number of hydrogen-bond donors (Lipinski definition) is 1. The van der Waals surface area contributed by atoms with Gasteiger partial charge in [-0.1, -0.05) is 6.08 Å². The highest BCUT2D eigenvalue weighted by molar-refractivity contribution is 5.66. The van der Waals surface area contributed by atoms with Gasteiger partial charge in [0, 0.05) is 18.1 Å². The molecule has 0 aromatic heterocycles. The van der Waals surface area contributed by atoms with Crippen molar-refractivity contribution in [3.05, 3.63) is 24.0 Å². The summed E-state index contributed by atoms with van der Waals surface area (Å²) in [6.45, 7) is 0.722. The molecule has 1 aliphatic carbocycles. The maximum absolute atomic E-state index is 5.57. The van der Waals surface area contributed by atoms with Crippen molar-refractivity contribution >= 4 is 6.21 Å². The average Bonchev–Trinajstić information content (AvgIpc) is 2.61. The topological polar surface area (TPSA) is 47.6 Å². The Hall–Kier alpha value is -1.09. The maximum Gasteiger partial charge on any atom is 0.115 e. The zero-order valence-electron chi connectivity index (χ0n) is 8.39. The van der Waals surface area contributed by atoms with Crippen molar-refractivity contribution in [2.45, 2.75) is 12.5 Å². The lowest BCUT2D eigenvalue weighted by atomic mass is 9.85. The fourth-order valence-corrected chi connectivity index (χ4v) is 2.10. The molecule has 3 unspecified atom stereocenters. The van der Waals surface area contributed by atoms with Crippen molar-refractivity contribution in [3.8, 4) is 0 Å². The molecule has 0 fully saturated rings. The summed E-state index contributed by atoms with van der Waals surface area (Å²) in [5, 5.41) is 0. The molecule has 2 rings (SSSR count). The highest BCUT2D eigenvalue weighted by Crippen LogP contribution is 2.32. The van der Waals surface area contributed by atoms with Crippen LogP contribution in [0.1, 0.15) is 6.42 Å². The molecule has 0 saturated carbocycles. The van der Waals surface area contributed by atoms with Gasteiger partial charge in [0.2, 0.25) is 0 Å². The van der Waals surface area contributed by atoms with Gasteiger partial charge in [-0.05, 0) is 25.1 Å². The van der Waals surface area contributed by atoms with Crippen LogP contribution in [0.25, 0.3) is 0 Å². The first-order valence-corrected chi connectivity index (χ1v) is 5.02. The number of hydrogen-bond acceptors (Lipinski definition) is 3. The highest BCUT2D eigenvalue weighted by Gasteiger charge is 2.31. The summed E-state index contributed by atoms with van der Waals surface area (Å²) in [7, 11) is 1.70. The summed E-state index contributed by atoms with van der Waals surface area (Å²) in [4.78, 5) is 4.46. The van der Waals surface area contributed by atoms with E-state index < -0.39 is 0 Å². The van der Waals surface area contributed by atoms with Gasteiger partial charge in [-0.15, -0.1) is 0 Å². The van der Waals surface area contributed by atoms with Gasteiger partial charge in [0.05, 0.1) is 13.2 Å². The Morgan fingerprint density at radius 3 is 3.14 bits per heavy atom. The van der Waals surface area contributed by atoms with Gasteiger partial charge in [-0.3, -0.25) is 4.99 Å². The minimum atomic E-state index is 0.311. The molecular formula is C11H16N2O. The molecule has 0 amide bonds. The lowest BCUT2D eigenvalue weighted by Gasteiger charge is -2.21. The van der Waals surface area contributed by atoms with Crippen molar-refractivity contribution in [1.82, 2.24) is 0 Å². The van der Waals surface area contributed by atoms with Crippen LogP contribution in [0.3, 0.4) is 0 Å². The minimum absolute atomic E-state index is 0.311. The molecule has 76 valence electrons. The van der Waals surface area contributed by atoms with Crippen LogP contribution in [-0.4, -0.2) is 25.9 Å². The summed E-state index contributed by atoms with van der Waals surface area (Å²) < 4.78 is 5.21. The second-order valence-corrected chi connectivity index (χ2v) is 3.74. The van der Waals surface area contributed by atoms with Crippen molar-refractivity contribution in [3.63, 3.8) is 0 Å². The Bertz CT molecular complexity index is 294. The monoisotopic (exact) mass is 192 g/mol. The van der Waals surface area contributed by atoms with Gasteiger partial charge >= 0.3 is 0 Å². The molecule has 2 N–H and O–H groups in total. The molecule has 0 bridgehead atoms. The smallest absolute Gasteiger partial charge is 0.115 e. The van der Waals surface area contributed by atoms with E-state index in [2.05, 4.69) is 17.1 Å². The van der Waals surface area contributed by atoms with E-state index in [1.54, 1.807) is 7.11 Å². The van der Waals surface area contributed by atoms with Gasteiger partial charge < -0.3 is 10.5 Å². The van der Waals surface area contributed by atoms with Crippen LogP contribution in [0.5, 0.6) is 0 Å². The Morgan fingerprint density at radius 2 is 2.43 bits per heavy atom. The summed E-state index contributed by atoms with van der Waals surface area (Å²) in [5.74, 6) is 1.89. The first-order chi connectivity index (χ1) is 6.85. The summed E-state index contributed by atoms with van der Waals surface area (Å²) >= 11 is 0. The standard InChI is InChI=1S/C11H16N2O/c1-14-9-2-3-11-10(6-9)8(4-5-12)7-13-11/h2-3,6-8,10-11H,4-5,12H2,1H3. The maximum atomic E-state index is 5.57. The Kier molecular flexibility index (Phi) is 2.68. The van der Waals surface area contributed by atoms with Crippen LogP contribution in [0.4, 0.5) is 0 Å². The van der Waals surface area contributed by atoms with E-state index in [4.69, 9.17) is 10.5 Å². The number of nitrogens with two attached hydrogens (primary N) is 1. The largest absolute Gasteiger partial charge is 0.497 e. The molecule has 14 heavy (non-hydrogen) atoms. The molecule has 0 spiro atoms. The average molecular weight is 192 g/mol. The lowest BCUT2D eigenvalue weighted by Crippen LogP contribution is -2.22. The summed E-state index contributed by atoms with van der Waals surface area (Å²) in [5.41, 5.74) is 5.57. The second-order valence-electron chi connectivity index (χ2n) is 3.74. The van der Waals surface area contributed by atoms with Crippen LogP contribution in [0.15, 0.2) is 29.0 Å². The van der Waals surface area contributed by atoms with Crippen molar-refractivity contribution in [2.75, 3.05) is 13.7 Å². The molecule has 3 nitrogen and oxygen atoms in total. The third-order valence-electron chi connectivity index (χ3n) is 2.89. The van der Waals surface area contributed by atoms with E-state index in [1.165, 1.54) is 0 Å². The molecular weight excluding hydrogens is 176 g/mol. The first-order valence-electron chi connectivity index (χ1n) is 5.02. The molecule has 3 atom stereocenters.